The van der Waals surface area contributed by atoms with E-state index in [0.29, 0.717) is 12.5 Å². The minimum Gasteiger partial charge on any atom is -0.374 e. The lowest BCUT2D eigenvalue weighted by atomic mass is 9.85. The fourth-order valence-corrected chi connectivity index (χ4v) is 3.51. The van der Waals surface area contributed by atoms with Crippen molar-refractivity contribution in [2.45, 2.75) is 98.0 Å². The third-order valence-corrected chi connectivity index (χ3v) is 5.56. The number of nitrogens with one attached hydrogen (secondary N) is 1. The van der Waals surface area contributed by atoms with Crippen LogP contribution in [0.15, 0.2) is 0 Å². The molecule has 6 heteroatoms. The van der Waals surface area contributed by atoms with Crippen molar-refractivity contribution in [1.29, 1.82) is 0 Å². The predicted octanol–water partition coefficient (Wildman–Crippen LogP) is 2.36. The first-order valence-corrected chi connectivity index (χ1v) is 10.0. The molecule has 0 aromatic rings. The van der Waals surface area contributed by atoms with E-state index in [4.69, 9.17) is 0 Å². The Hall–Kier alpha value is -1.14. The number of carbonyl (C=O) groups is 2. The van der Waals surface area contributed by atoms with Crippen LogP contribution >= 0.6 is 0 Å². The van der Waals surface area contributed by atoms with Crippen LogP contribution in [0.5, 0.6) is 0 Å². The van der Waals surface area contributed by atoms with Crippen LogP contribution in [-0.4, -0.2) is 64.7 Å². The number of hydrogen-bond acceptors (Lipinski definition) is 4. The minimum atomic E-state index is -0.837. The maximum atomic E-state index is 13.1. The van der Waals surface area contributed by atoms with E-state index in [0.717, 1.165) is 32.2 Å². The molecule has 0 bridgehead atoms. The number of aliphatic hydroxyl groups excluding tert-OH is 1. The largest absolute Gasteiger partial charge is 0.374 e. The zero-order valence-corrected chi connectivity index (χ0v) is 17.7. The lowest BCUT2D eigenvalue weighted by molar-refractivity contribution is -0.147. The molecule has 0 saturated carbocycles. The average Bonchev–Trinajstić information content (AvgIpc) is 2.62. The predicted molar refractivity (Wildman–Crippen MR) is 105 cm³/mol. The topological polar surface area (TPSA) is 72.9 Å². The molecule has 2 N–H and O–H groups in total. The SMILES string of the molecule is CCC(O)N(C)C(=O)C(NC(=O)C1CCCCN1C(C)CC)C(C)(C)C. The number of hydrogen-bond donors (Lipinski definition) is 2. The van der Waals surface area contributed by atoms with Crippen LogP contribution in [0, 0.1) is 5.41 Å². The molecule has 0 aromatic heterocycles. The number of aliphatic hydroxyl groups is 1. The molecule has 4 atom stereocenters. The third kappa shape index (κ3) is 5.68. The van der Waals surface area contributed by atoms with E-state index in [-0.39, 0.29) is 17.9 Å². The van der Waals surface area contributed by atoms with Crippen molar-refractivity contribution in [3.05, 3.63) is 0 Å². The van der Waals surface area contributed by atoms with Gasteiger partial charge in [-0.15, -0.1) is 0 Å². The van der Waals surface area contributed by atoms with Crippen LogP contribution in [-0.2, 0) is 9.59 Å². The van der Waals surface area contributed by atoms with E-state index in [2.05, 4.69) is 24.1 Å². The van der Waals surface area contributed by atoms with Gasteiger partial charge in [0.2, 0.25) is 11.8 Å². The van der Waals surface area contributed by atoms with Gasteiger partial charge < -0.3 is 15.3 Å². The van der Waals surface area contributed by atoms with Gasteiger partial charge in [0, 0.05) is 13.1 Å². The highest BCUT2D eigenvalue weighted by Gasteiger charge is 2.39. The summed E-state index contributed by atoms with van der Waals surface area (Å²) in [5.41, 5.74) is -0.440. The first kappa shape index (κ1) is 22.9. The second kappa shape index (κ2) is 9.70. The maximum Gasteiger partial charge on any atom is 0.247 e. The van der Waals surface area contributed by atoms with Gasteiger partial charge in [0.15, 0.2) is 0 Å². The summed E-state index contributed by atoms with van der Waals surface area (Å²) >= 11 is 0. The second-order valence-corrected chi connectivity index (χ2v) is 8.65. The van der Waals surface area contributed by atoms with Gasteiger partial charge in [-0.1, -0.05) is 41.0 Å². The standard InChI is InChI=1S/C20H39N3O3/c1-8-14(3)23-13-11-10-12-15(23)18(25)21-17(20(4,5)6)19(26)22(7)16(24)9-2/h14-17,24H,8-13H2,1-7H3,(H,21,25). The number of rotatable bonds is 7. The summed E-state index contributed by atoms with van der Waals surface area (Å²) in [7, 11) is 1.59. The lowest BCUT2D eigenvalue weighted by Crippen LogP contribution is -2.60. The van der Waals surface area contributed by atoms with Crippen molar-refractivity contribution in [1.82, 2.24) is 15.1 Å². The van der Waals surface area contributed by atoms with Crippen LogP contribution < -0.4 is 5.32 Å². The summed E-state index contributed by atoms with van der Waals surface area (Å²) in [5.74, 6) is -0.316. The molecule has 0 aromatic carbocycles. The summed E-state index contributed by atoms with van der Waals surface area (Å²) in [6.45, 7) is 12.9. The summed E-state index contributed by atoms with van der Waals surface area (Å²) < 4.78 is 0. The van der Waals surface area contributed by atoms with E-state index in [1.54, 1.807) is 7.05 Å². The van der Waals surface area contributed by atoms with Crippen molar-refractivity contribution < 1.29 is 14.7 Å². The van der Waals surface area contributed by atoms with Gasteiger partial charge in [-0.2, -0.15) is 0 Å². The van der Waals surface area contributed by atoms with Crippen molar-refractivity contribution in [2.75, 3.05) is 13.6 Å². The lowest BCUT2D eigenvalue weighted by Gasteiger charge is -2.41. The monoisotopic (exact) mass is 369 g/mol. The summed E-state index contributed by atoms with van der Waals surface area (Å²) in [6, 6.07) is -0.501. The van der Waals surface area contributed by atoms with E-state index in [1.807, 2.05) is 27.7 Å². The van der Waals surface area contributed by atoms with Crippen LogP contribution in [0.1, 0.15) is 73.6 Å². The van der Waals surface area contributed by atoms with Crippen molar-refractivity contribution in [2.24, 2.45) is 5.41 Å². The molecular weight excluding hydrogens is 330 g/mol. The Morgan fingerprint density at radius 2 is 1.85 bits per heavy atom. The Bertz CT molecular complexity index is 475. The second-order valence-electron chi connectivity index (χ2n) is 8.65. The number of likely N-dealkylation sites (N-methyl/N-ethyl adjacent to an activating group) is 1. The molecule has 0 spiro atoms. The van der Waals surface area contributed by atoms with Crippen LogP contribution in [0.2, 0.25) is 0 Å². The van der Waals surface area contributed by atoms with Crippen molar-refractivity contribution >= 4 is 11.8 Å². The molecule has 0 aliphatic carbocycles. The maximum absolute atomic E-state index is 13.1. The highest BCUT2D eigenvalue weighted by molar-refractivity contribution is 5.90. The normalized spacial score (nSPS) is 22.4. The Kier molecular flexibility index (Phi) is 8.54. The van der Waals surface area contributed by atoms with Gasteiger partial charge in [0.1, 0.15) is 12.3 Å². The van der Waals surface area contributed by atoms with Gasteiger partial charge >= 0.3 is 0 Å². The number of piperidine rings is 1. The molecule has 1 saturated heterocycles. The van der Waals surface area contributed by atoms with E-state index >= 15 is 0 Å². The Morgan fingerprint density at radius 1 is 1.23 bits per heavy atom. The van der Waals surface area contributed by atoms with E-state index < -0.39 is 17.7 Å². The first-order chi connectivity index (χ1) is 12.0. The van der Waals surface area contributed by atoms with Gasteiger partial charge in [-0.05, 0) is 44.6 Å². The van der Waals surface area contributed by atoms with E-state index in [1.165, 1.54) is 4.90 Å². The highest BCUT2D eigenvalue weighted by Crippen LogP contribution is 2.25. The molecule has 4 unspecified atom stereocenters. The van der Waals surface area contributed by atoms with Gasteiger partial charge in [0.25, 0.3) is 0 Å². The first-order valence-electron chi connectivity index (χ1n) is 10.0. The highest BCUT2D eigenvalue weighted by atomic mass is 16.3. The summed E-state index contributed by atoms with van der Waals surface area (Å²) in [6.07, 6.45) is 3.59. The number of nitrogens with zero attached hydrogens (tertiary/aromatic N) is 2. The molecule has 6 nitrogen and oxygen atoms in total. The molecule has 1 aliphatic heterocycles. The molecule has 26 heavy (non-hydrogen) atoms. The van der Waals surface area contributed by atoms with Crippen LogP contribution in [0.4, 0.5) is 0 Å². The summed E-state index contributed by atoms with van der Waals surface area (Å²) in [5, 5.41) is 13.0. The third-order valence-electron chi connectivity index (χ3n) is 5.56. The zero-order chi connectivity index (χ0) is 20.1. The van der Waals surface area contributed by atoms with Crippen molar-refractivity contribution in [3.8, 4) is 0 Å². The Balaban J connectivity index is 2.96. The smallest absolute Gasteiger partial charge is 0.247 e. The van der Waals surface area contributed by atoms with Crippen LogP contribution in [0.3, 0.4) is 0 Å². The minimum absolute atomic E-state index is 0.0716. The molecule has 0 radical (unpaired) electrons. The molecular formula is C20H39N3O3. The van der Waals surface area contributed by atoms with E-state index in [9.17, 15) is 14.7 Å². The Labute approximate surface area is 159 Å². The number of likely N-dealkylation sites (tertiary alicyclic amines) is 1. The molecule has 152 valence electrons. The summed E-state index contributed by atoms with van der Waals surface area (Å²) in [4.78, 5) is 29.6. The number of carbonyl (C=O) groups excluding carboxylic acids is 2. The molecule has 1 fully saturated rings. The fourth-order valence-electron chi connectivity index (χ4n) is 3.51. The number of amides is 2. The van der Waals surface area contributed by atoms with Gasteiger partial charge in [-0.3, -0.25) is 14.5 Å². The quantitative estimate of drug-likeness (QED) is 0.676. The Morgan fingerprint density at radius 3 is 2.35 bits per heavy atom. The molecule has 1 aliphatic rings. The van der Waals surface area contributed by atoms with Crippen molar-refractivity contribution in [3.63, 3.8) is 0 Å². The van der Waals surface area contributed by atoms with Gasteiger partial charge in [-0.25, -0.2) is 0 Å². The van der Waals surface area contributed by atoms with Crippen LogP contribution in [0.25, 0.3) is 0 Å². The van der Waals surface area contributed by atoms with Gasteiger partial charge in [0.05, 0.1) is 6.04 Å². The molecule has 1 heterocycles. The zero-order valence-electron chi connectivity index (χ0n) is 17.7. The molecule has 1 rings (SSSR count). The average molecular weight is 370 g/mol. The molecule has 2 amide bonds. The fraction of sp³-hybridized carbons (Fsp3) is 0.900.